The highest BCUT2D eigenvalue weighted by molar-refractivity contribution is 6.35. The van der Waals surface area contributed by atoms with Gasteiger partial charge in [0.05, 0.1) is 0 Å². The van der Waals surface area contributed by atoms with Crippen molar-refractivity contribution in [2.45, 2.75) is 44.7 Å². The minimum Gasteiger partial charge on any atom is -0.367 e. The van der Waals surface area contributed by atoms with Gasteiger partial charge in [0.25, 0.3) is 5.91 Å². The van der Waals surface area contributed by atoms with Crippen LogP contribution in [0.2, 0.25) is 10.0 Å². The second-order valence-corrected chi connectivity index (χ2v) is 8.25. The van der Waals surface area contributed by atoms with E-state index in [1.54, 1.807) is 18.2 Å². The van der Waals surface area contributed by atoms with Crippen molar-refractivity contribution >= 4 is 40.7 Å². The first-order valence-electron chi connectivity index (χ1n) is 9.36. The van der Waals surface area contributed by atoms with Gasteiger partial charge in [0.2, 0.25) is 0 Å². The first-order chi connectivity index (χ1) is 13.3. The Morgan fingerprint density at radius 2 is 1.61 bits per heavy atom. The summed E-state index contributed by atoms with van der Waals surface area (Å²) in [6, 6.07) is 7.33. The van der Waals surface area contributed by atoms with Crippen molar-refractivity contribution in [3.8, 4) is 0 Å². The summed E-state index contributed by atoms with van der Waals surface area (Å²) in [6.07, 6.45) is 3.73. The Balaban J connectivity index is 1.54. The number of hydrogen-bond acceptors (Lipinski definition) is 5. The number of benzene rings is 1. The van der Waals surface area contributed by atoms with Crippen molar-refractivity contribution in [1.82, 2.24) is 15.3 Å². The van der Waals surface area contributed by atoms with Gasteiger partial charge < -0.3 is 15.5 Å². The number of rotatable bonds is 5. The van der Waals surface area contributed by atoms with E-state index in [1.165, 1.54) is 0 Å². The molecule has 1 aliphatic rings. The Kier molecular flexibility index (Phi) is 6.62. The molecule has 2 N–H and O–H groups in total. The van der Waals surface area contributed by atoms with Crippen LogP contribution in [0.3, 0.4) is 0 Å². The molecule has 0 atom stereocenters. The number of carbonyl (C=O) groups excluding carboxylic acids is 1. The van der Waals surface area contributed by atoms with E-state index in [2.05, 4.69) is 20.6 Å². The monoisotopic (exact) mass is 421 g/mol. The predicted octanol–water partition coefficient (Wildman–Crippen LogP) is 4.31. The van der Waals surface area contributed by atoms with Crippen LogP contribution in [0.15, 0.2) is 24.3 Å². The minimum atomic E-state index is -0.136. The molecule has 1 heterocycles. The number of nitrogens with zero attached hydrogens (tertiary/aromatic N) is 3. The zero-order chi connectivity index (χ0) is 20.3. The fourth-order valence-electron chi connectivity index (χ4n) is 3.40. The SMILES string of the molecule is Cc1nc(N[C@H]2CC[C@@H](NC(=O)c3cc(Cl)cc(Cl)c3)CC2)cc(N(C)C)n1. The highest BCUT2D eigenvalue weighted by Gasteiger charge is 2.23. The van der Waals surface area contributed by atoms with Gasteiger partial charge in [-0.3, -0.25) is 4.79 Å². The lowest BCUT2D eigenvalue weighted by Crippen LogP contribution is -2.40. The topological polar surface area (TPSA) is 70.2 Å². The smallest absolute Gasteiger partial charge is 0.251 e. The van der Waals surface area contributed by atoms with Crippen LogP contribution in [0.25, 0.3) is 0 Å². The molecule has 1 saturated carbocycles. The lowest BCUT2D eigenvalue weighted by Gasteiger charge is -2.30. The maximum Gasteiger partial charge on any atom is 0.251 e. The summed E-state index contributed by atoms with van der Waals surface area (Å²) < 4.78 is 0. The van der Waals surface area contributed by atoms with Gasteiger partial charge >= 0.3 is 0 Å². The van der Waals surface area contributed by atoms with Crippen molar-refractivity contribution in [3.05, 3.63) is 45.7 Å². The normalized spacial score (nSPS) is 19.2. The second-order valence-electron chi connectivity index (χ2n) is 7.38. The molecular formula is C20H25Cl2N5O. The van der Waals surface area contributed by atoms with Gasteiger partial charge in [0.1, 0.15) is 17.5 Å². The Labute approximate surface area is 175 Å². The lowest BCUT2D eigenvalue weighted by molar-refractivity contribution is 0.0926. The number of anilines is 2. The molecular weight excluding hydrogens is 397 g/mol. The zero-order valence-electron chi connectivity index (χ0n) is 16.3. The number of nitrogens with one attached hydrogen (secondary N) is 2. The molecule has 3 rings (SSSR count). The summed E-state index contributed by atoms with van der Waals surface area (Å²) >= 11 is 12.0. The maximum absolute atomic E-state index is 12.5. The summed E-state index contributed by atoms with van der Waals surface area (Å²) in [7, 11) is 3.93. The van der Waals surface area contributed by atoms with E-state index in [-0.39, 0.29) is 11.9 Å². The maximum atomic E-state index is 12.5. The van der Waals surface area contributed by atoms with Gasteiger partial charge in [0, 0.05) is 47.9 Å². The number of aromatic nitrogens is 2. The van der Waals surface area contributed by atoms with E-state index in [0.717, 1.165) is 43.1 Å². The molecule has 0 radical (unpaired) electrons. The van der Waals surface area contributed by atoms with E-state index < -0.39 is 0 Å². The van der Waals surface area contributed by atoms with Crippen molar-refractivity contribution in [2.24, 2.45) is 0 Å². The van der Waals surface area contributed by atoms with Gasteiger partial charge in [-0.15, -0.1) is 0 Å². The number of hydrogen-bond donors (Lipinski definition) is 2. The predicted molar refractivity (Wildman–Crippen MR) is 115 cm³/mol. The van der Waals surface area contributed by atoms with Gasteiger partial charge in [-0.25, -0.2) is 9.97 Å². The standard InChI is InChI=1S/C20H25Cl2N5O/c1-12-23-18(11-19(24-12)27(2)3)25-16-4-6-17(7-5-16)26-20(28)13-8-14(21)10-15(22)9-13/h8-11,16-17H,4-7H2,1-3H3,(H,26,28)(H,23,24,25)/t16-,17+. The van der Waals surface area contributed by atoms with Crippen LogP contribution in [-0.4, -0.2) is 42.1 Å². The highest BCUT2D eigenvalue weighted by Crippen LogP contribution is 2.24. The van der Waals surface area contributed by atoms with E-state index in [0.29, 0.717) is 21.7 Å². The molecule has 0 aliphatic heterocycles. The molecule has 0 bridgehead atoms. The largest absolute Gasteiger partial charge is 0.367 e. The van der Waals surface area contributed by atoms with Crippen molar-refractivity contribution in [2.75, 3.05) is 24.3 Å². The van der Waals surface area contributed by atoms with Crippen LogP contribution >= 0.6 is 23.2 Å². The third-order valence-corrected chi connectivity index (χ3v) is 5.26. The van der Waals surface area contributed by atoms with Crippen LogP contribution < -0.4 is 15.5 Å². The van der Waals surface area contributed by atoms with E-state index in [9.17, 15) is 4.79 Å². The average Bonchev–Trinajstić information content (AvgIpc) is 2.62. The third kappa shape index (κ3) is 5.49. The van der Waals surface area contributed by atoms with Gasteiger partial charge in [-0.1, -0.05) is 23.2 Å². The van der Waals surface area contributed by atoms with E-state index in [1.807, 2.05) is 32.0 Å². The van der Waals surface area contributed by atoms with Crippen molar-refractivity contribution in [1.29, 1.82) is 0 Å². The molecule has 1 aromatic heterocycles. The molecule has 0 spiro atoms. The molecule has 1 amide bonds. The fraction of sp³-hybridized carbons (Fsp3) is 0.450. The van der Waals surface area contributed by atoms with Crippen LogP contribution in [-0.2, 0) is 0 Å². The van der Waals surface area contributed by atoms with Crippen LogP contribution in [0.1, 0.15) is 41.9 Å². The summed E-state index contributed by atoms with van der Waals surface area (Å²) in [5.41, 5.74) is 0.491. The molecule has 8 heteroatoms. The Bertz CT molecular complexity index is 830. The molecule has 1 fully saturated rings. The van der Waals surface area contributed by atoms with Crippen molar-refractivity contribution in [3.63, 3.8) is 0 Å². The van der Waals surface area contributed by atoms with Crippen molar-refractivity contribution < 1.29 is 4.79 Å². The first-order valence-corrected chi connectivity index (χ1v) is 10.1. The van der Waals surface area contributed by atoms with Gasteiger partial charge in [-0.05, 0) is 50.8 Å². The van der Waals surface area contributed by atoms with Crippen LogP contribution in [0, 0.1) is 6.92 Å². The van der Waals surface area contributed by atoms with Crippen LogP contribution in [0.5, 0.6) is 0 Å². The third-order valence-electron chi connectivity index (χ3n) is 4.82. The Morgan fingerprint density at radius 3 is 2.21 bits per heavy atom. The summed E-state index contributed by atoms with van der Waals surface area (Å²) in [4.78, 5) is 23.3. The Hall–Kier alpha value is -2.05. The first kappa shape index (κ1) is 20.7. The van der Waals surface area contributed by atoms with Crippen LogP contribution in [0.4, 0.5) is 11.6 Å². The molecule has 2 aromatic rings. The molecule has 150 valence electrons. The van der Waals surface area contributed by atoms with Gasteiger partial charge in [-0.2, -0.15) is 0 Å². The van der Waals surface area contributed by atoms with E-state index in [4.69, 9.17) is 23.2 Å². The highest BCUT2D eigenvalue weighted by atomic mass is 35.5. The Morgan fingerprint density at radius 1 is 1.00 bits per heavy atom. The van der Waals surface area contributed by atoms with Gasteiger partial charge in [0.15, 0.2) is 0 Å². The lowest BCUT2D eigenvalue weighted by atomic mass is 9.91. The molecule has 6 nitrogen and oxygen atoms in total. The number of halogens is 2. The zero-order valence-corrected chi connectivity index (χ0v) is 17.8. The molecule has 0 saturated heterocycles. The van der Waals surface area contributed by atoms with E-state index >= 15 is 0 Å². The quantitative estimate of drug-likeness (QED) is 0.752. The minimum absolute atomic E-state index is 0.136. The fourth-order valence-corrected chi connectivity index (χ4v) is 3.93. The molecule has 28 heavy (non-hydrogen) atoms. The summed E-state index contributed by atoms with van der Waals surface area (Å²) in [5.74, 6) is 2.34. The average molecular weight is 422 g/mol. The number of aryl methyl sites for hydroxylation is 1. The second kappa shape index (κ2) is 8.97. The molecule has 1 aliphatic carbocycles. The summed E-state index contributed by atoms with van der Waals surface area (Å²) in [5, 5.41) is 7.52. The number of amides is 1. The molecule has 1 aromatic carbocycles. The summed E-state index contributed by atoms with van der Waals surface area (Å²) in [6.45, 7) is 1.90. The molecule has 0 unspecified atom stereocenters. The number of carbonyl (C=O) groups is 1.